The molecule has 0 aliphatic carbocycles. The summed E-state index contributed by atoms with van der Waals surface area (Å²) < 4.78 is 10.5. The Balaban J connectivity index is 1.62. The first-order chi connectivity index (χ1) is 13.0. The van der Waals surface area contributed by atoms with Gasteiger partial charge in [-0.25, -0.2) is 0 Å². The van der Waals surface area contributed by atoms with Gasteiger partial charge in [0.15, 0.2) is 0 Å². The molecule has 136 valence electrons. The molecule has 1 N–H and O–H groups in total. The van der Waals surface area contributed by atoms with Gasteiger partial charge in [-0.05, 0) is 48.0 Å². The van der Waals surface area contributed by atoms with E-state index in [1.165, 1.54) is 36.4 Å². The smallest absolute Gasteiger partial charge is 0.322 e. The lowest BCUT2D eigenvalue weighted by molar-refractivity contribution is -0.384. The third-order valence-electron chi connectivity index (χ3n) is 3.52. The van der Waals surface area contributed by atoms with Crippen LogP contribution in [0.1, 0.15) is 5.56 Å². The molecule has 0 aliphatic heterocycles. The third kappa shape index (κ3) is 4.54. The second-order valence-electron chi connectivity index (χ2n) is 5.31. The molecule has 1 aromatic heterocycles. The van der Waals surface area contributed by atoms with E-state index in [1.807, 2.05) is 0 Å². The van der Waals surface area contributed by atoms with Crippen LogP contribution in [-0.2, 0) is 4.79 Å². The molecule has 0 unspecified atom stereocenters. The highest BCUT2D eigenvalue weighted by Gasteiger charge is 2.10. The lowest BCUT2D eigenvalue weighted by Gasteiger charge is -1.99. The number of benzene rings is 2. The number of methoxy groups -OCH3 is 1. The Labute approximate surface area is 153 Å². The van der Waals surface area contributed by atoms with E-state index in [0.29, 0.717) is 16.9 Å². The topological polar surface area (TPSA) is 120 Å². The van der Waals surface area contributed by atoms with Crippen LogP contribution in [0.15, 0.2) is 59.0 Å². The summed E-state index contributed by atoms with van der Waals surface area (Å²) >= 11 is 0. The molecular weight excluding hydrogens is 352 g/mol. The van der Waals surface area contributed by atoms with E-state index in [9.17, 15) is 14.9 Å². The van der Waals surface area contributed by atoms with Crippen molar-refractivity contribution in [1.29, 1.82) is 0 Å². The van der Waals surface area contributed by atoms with Crippen molar-refractivity contribution in [2.45, 2.75) is 0 Å². The van der Waals surface area contributed by atoms with Gasteiger partial charge in [0.2, 0.25) is 5.89 Å². The highest BCUT2D eigenvalue weighted by Crippen LogP contribution is 2.22. The molecular formula is C18H14N4O5. The van der Waals surface area contributed by atoms with Crippen LogP contribution >= 0.6 is 0 Å². The number of ether oxygens (including phenoxy) is 1. The van der Waals surface area contributed by atoms with Crippen molar-refractivity contribution in [3.05, 3.63) is 70.3 Å². The zero-order valence-electron chi connectivity index (χ0n) is 14.2. The Hall–Kier alpha value is -4.01. The van der Waals surface area contributed by atoms with Crippen molar-refractivity contribution in [2.24, 2.45) is 0 Å². The average Bonchev–Trinajstić information content (AvgIpc) is 3.15. The molecule has 0 bridgehead atoms. The summed E-state index contributed by atoms with van der Waals surface area (Å²) in [4.78, 5) is 22.1. The fraction of sp³-hybridized carbons (Fsp3) is 0.0556. The van der Waals surface area contributed by atoms with Crippen LogP contribution in [-0.4, -0.2) is 28.1 Å². The Bertz CT molecular complexity index is 978. The first-order valence-corrected chi connectivity index (χ1v) is 7.76. The van der Waals surface area contributed by atoms with Gasteiger partial charge in [0.05, 0.1) is 12.0 Å². The number of nitrogens with one attached hydrogen (secondary N) is 1. The first kappa shape index (κ1) is 17.8. The normalized spacial score (nSPS) is 10.7. The van der Waals surface area contributed by atoms with E-state index in [-0.39, 0.29) is 17.6 Å². The Morgan fingerprint density at radius 2 is 1.85 bits per heavy atom. The summed E-state index contributed by atoms with van der Waals surface area (Å²) in [5, 5.41) is 20.7. The van der Waals surface area contributed by atoms with E-state index < -0.39 is 10.8 Å². The minimum absolute atomic E-state index is 0.0199. The molecule has 3 aromatic rings. The van der Waals surface area contributed by atoms with Gasteiger partial charge < -0.3 is 9.15 Å². The van der Waals surface area contributed by atoms with Gasteiger partial charge in [0.25, 0.3) is 11.6 Å². The van der Waals surface area contributed by atoms with Gasteiger partial charge in [-0.1, -0.05) is 5.10 Å². The summed E-state index contributed by atoms with van der Waals surface area (Å²) in [6, 6.07) is 12.8. The molecule has 2 aromatic carbocycles. The number of nitro benzene ring substituents is 1. The molecule has 0 saturated carbocycles. The number of rotatable bonds is 6. The standard InChI is InChI=1S/C18H14N4O5/c1-26-15-9-5-13(6-10-15)17-20-21-18(27-17)19-16(23)11-4-12-2-7-14(8-3-12)22(24)25/h2-11H,1H3,(H,19,21,23)/b11-4-. The number of aromatic nitrogens is 2. The summed E-state index contributed by atoms with van der Waals surface area (Å²) in [6.45, 7) is 0. The SMILES string of the molecule is COc1ccc(-c2nnc(NC(=O)/C=C\c3ccc([N+](=O)[O-])cc3)o2)cc1. The van der Waals surface area contributed by atoms with Crippen LogP contribution in [0.25, 0.3) is 17.5 Å². The van der Waals surface area contributed by atoms with Gasteiger partial charge >= 0.3 is 6.01 Å². The highest BCUT2D eigenvalue weighted by molar-refractivity contribution is 6.00. The van der Waals surface area contributed by atoms with Gasteiger partial charge in [-0.2, -0.15) is 0 Å². The van der Waals surface area contributed by atoms with Gasteiger partial charge in [-0.15, -0.1) is 5.10 Å². The fourth-order valence-electron chi connectivity index (χ4n) is 2.15. The average molecular weight is 366 g/mol. The Morgan fingerprint density at radius 3 is 2.48 bits per heavy atom. The van der Waals surface area contributed by atoms with E-state index in [0.717, 1.165) is 0 Å². The van der Waals surface area contributed by atoms with Crippen LogP contribution < -0.4 is 10.1 Å². The fourth-order valence-corrected chi connectivity index (χ4v) is 2.15. The third-order valence-corrected chi connectivity index (χ3v) is 3.52. The zero-order valence-corrected chi connectivity index (χ0v) is 14.2. The molecule has 0 spiro atoms. The summed E-state index contributed by atoms with van der Waals surface area (Å²) in [5.41, 5.74) is 1.30. The molecule has 0 aliphatic rings. The molecule has 3 rings (SSSR count). The van der Waals surface area contributed by atoms with Crippen molar-refractivity contribution in [3.8, 4) is 17.2 Å². The van der Waals surface area contributed by atoms with E-state index in [2.05, 4.69) is 15.5 Å². The number of anilines is 1. The molecule has 9 nitrogen and oxygen atoms in total. The largest absolute Gasteiger partial charge is 0.497 e. The summed E-state index contributed by atoms with van der Waals surface area (Å²) in [6.07, 6.45) is 2.78. The first-order valence-electron chi connectivity index (χ1n) is 7.76. The van der Waals surface area contributed by atoms with Crippen LogP contribution in [0.4, 0.5) is 11.7 Å². The number of amides is 1. The predicted molar refractivity (Wildman–Crippen MR) is 97.0 cm³/mol. The number of nitro groups is 1. The lowest BCUT2D eigenvalue weighted by Crippen LogP contribution is -2.07. The van der Waals surface area contributed by atoms with Crippen LogP contribution in [0.5, 0.6) is 5.75 Å². The van der Waals surface area contributed by atoms with Crippen LogP contribution in [0, 0.1) is 10.1 Å². The molecule has 0 saturated heterocycles. The second-order valence-corrected chi connectivity index (χ2v) is 5.31. The maximum atomic E-state index is 11.9. The zero-order chi connectivity index (χ0) is 19.2. The number of hydrogen-bond donors (Lipinski definition) is 1. The maximum absolute atomic E-state index is 11.9. The number of nitrogens with zero attached hydrogens (tertiary/aromatic N) is 3. The van der Waals surface area contributed by atoms with Crippen molar-refractivity contribution in [2.75, 3.05) is 12.4 Å². The number of carbonyl (C=O) groups excluding carboxylic acids is 1. The molecule has 0 fully saturated rings. The van der Waals surface area contributed by atoms with Gasteiger partial charge in [0.1, 0.15) is 5.75 Å². The number of non-ortho nitro benzene ring substituents is 1. The van der Waals surface area contributed by atoms with E-state index in [4.69, 9.17) is 9.15 Å². The summed E-state index contributed by atoms with van der Waals surface area (Å²) in [5.74, 6) is 0.480. The number of carbonyl (C=O) groups is 1. The Morgan fingerprint density at radius 1 is 1.15 bits per heavy atom. The van der Waals surface area contributed by atoms with Gasteiger partial charge in [0, 0.05) is 23.8 Å². The van der Waals surface area contributed by atoms with Crippen LogP contribution in [0.2, 0.25) is 0 Å². The molecule has 0 radical (unpaired) electrons. The summed E-state index contributed by atoms with van der Waals surface area (Å²) in [7, 11) is 1.57. The number of hydrogen-bond acceptors (Lipinski definition) is 7. The minimum Gasteiger partial charge on any atom is -0.497 e. The minimum atomic E-state index is -0.490. The van der Waals surface area contributed by atoms with E-state index in [1.54, 1.807) is 31.4 Å². The van der Waals surface area contributed by atoms with Crippen molar-refractivity contribution >= 4 is 23.7 Å². The quantitative estimate of drug-likeness (QED) is 0.403. The van der Waals surface area contributed by atoms with Crippen molar-refractivity contribution in [1.82, 2.24) is 10.2 Å². The molecule has 9 heteroatoms. The van der Waals surface area contributed by atoms with Crippen molar-refractivity contribution < 1.29 is 18.9 Å². The maximum Gasteiger partial charge on any atom is 0.322 e. The Kier molecular flexibility index (Phi) is 5.22. The lowest BCUT2D eigenvalue weighted by atomic mass is 10.2. The van der Waals surface area contributed by atoms with Crippen LogP contribution in [0.3, 0.4) is 0 Å². The molecule has 0 atom stereocenters. The van der Waals surface area contributed by atoms with E-state index >= 15 is 0 Å². The van der Waals surface area contributed by atoms with Crippen molar-refractivity contribution in [3.63, 3.8) is 0 Å². The predicted octanol–water partition coefficient (Wildman–Crippen LogP) is 3.31. The molecule has 1 heterocycles. The second kappa shape index (κ2) is 7.91. The van der Waals surface area contributed by atoms with Gasteiger partial charge in [-0.3, -0.25) is 20.2 Å². The monoisotopic (exact) mass is 366 g/mol. The molecule has 1 amide bonds. The highest BCUT2D eigenvalue weighted by atomic mass is 16.6. The molecule has 27 heavy (non-hydrogen) atoms.